The van der Waals surface area contributed by atoms with E-state index in [1.807, 2.05) is 6.07 Å². The standard InChI is InChI=1S/C63H74O12/c1-65-53-17-16-41-24-43-31-54(66-2)60-37-49(43)26-44-32-55(67-3)59(36-48(44)25-42(41)30-53)72-20-12-8-14-22-74-63-40-52-29-47-35-58(70-6)62(75-23-15-9-13-21-73-60)39-51(47)28-45-33-56(68-4)61(71-19-11-7-10-18-64)38-50(45)27-46(52)34-57(63)69-5/h16-17,30-40,64H,7-15,18-29H2,1-6H3. The van der Waals surface area contributed by atoms with Gasteiger partial charge in [-0.05, 0) is 236 Å². The minimum absolute atomic E-state index is 0.177. The van der Waals surface area contributed by atoms with Crippen LogP contribution in [0.25, 0.3) is 0 Å². The van der Waals surface area contributed by atoms with Gasteiger partial charge in [-0.3, -0.25) is 0 Å². The van der Waals surface area contributed by atoms with E-state index in [0.717, 1.165) is 121 Å². The summed E-state index contributed by atoms with van der Waals surface area (Å²) in [6.45, 7) is 2.81. The van der Waals surface area contributed by atoms with Gasteiger partial charge in [0.2, 0.25) is 0 Å². The highest BCUT2D eigenvalue weighted by Gasteiger charge is 2.25. The maximum Gasteiger partial charge on any atom is 0.161 e. The number of aliphatic hydroxyl groups is 1. The predicted molar refractivity (Wildman–Crippen MR) is 291 cm³/mol. The minimum Gasteiger partial charge on any atom is -0.497 e. The molecule has 0 saturated heterocycles. The van der Waals surface area contributed by atoms with Crippen LogP contribution < -0.4 is 52.1 Å². The lowest BCUT2D eigenvalue weighted by Gasteiger charge is -2.19. The molecule has 6 aromatic carbocycles. The molecule has 12 nitrogen and oxygen atoms in total. The van der Waals surface area contributed by atoms with Gasteiger partial charge < -0.3 is 57.2 Å². The molecule has 6 aromatic rings. The van der Waals surface area contributed by atoms with Crippen LogP contribution in [0.1, 0.15) is 125 Å². The molecule has 398 valence electrons. The summed E-state index contributed by atoms with van der Waals surface area (Å²) in [5.74, 6) is 7.93. The molecule has 12 heteroatoms. The molecule has 75 heavy (non-hydrogen) atoms. The summed E-state index contributed by atoms with van der Waals surface area (Å²) < 4.78 is 68.5. The molecule has 10 bridgehead atoms. The number of hydrogen-bond donors (Lipinski definition) is 1. The Bertz CT molecular complexity index is 2890. The van der Waals surface area contributed by atoms with Crippen molar-refractivity contribution in [3.63, 3.8) is 0 Å². The van der Waals surface area contributed by atoms with Gasteiger partial charge in [0.25, 0.3) is 0 Å². The van der Waals surface area contributed by atoms with E-state index < -0.39 is 0 Å². The number of rotatable bonds is 12. The van der Waals surface area contributed by atoms with Crippen LogP contribution in [0.3, 0.4) is 0 Å². The van der Waals surface area contributed by atoms with Crippen LogP contribution in [0.2, 0.25) is 0 Å². The first-order valence-electron chi connectivity index (χ1n) is 26.7. The fourth-order valence-electron chi connectivity index (χ4n) is 10.6. The van der Waals surface area contributed by atoms with Crippen LogP contribution >= 0.6 is 0 Å². The zero-order valence-electron chi connectivity index (χ0n) is 44.8. The lowest BCUT2D eigenvalue weighted by Crippen LogP contribution is -2.07. The van der Waals surface area contributed by atoms with Crippen LogP contribution in [-0.4, -0.2) is 87.4 Å². The van der Waals surface area contributed by atoms with Crippen molar-refractivity contribution in [3.05, 3.63) is 146 Å². The smallest absolute Gasteiger partial charge is 0.161 e. The van der Waals surface area contributed by atoms with Gasteiger partial charge in [-0.2, -0.15) is 0 Å². The van der Waals surface area contributed by atoms with Gasteiger partial charge in [-0.25, -0.2) is 0 Å². The van der Waals surface area contributed by atoms with Crippen molar-refractivity contribution in [2.45, 2.75) is 96.3 Å². The molecule has 4 heterocycles. The van der Waals surface area contributed by atoms with Gasteiger partial charge in [0.1, 0.15) is 5.75 Å². The molecule has 0 saturated carbocycles. The molecular formula is C63H74O12. The lowest BCUT2D eigenvalue weighted by molar-refractivity contribution is 0.260. The summed E-state index contributed by atoms with van der Waals surface area (Å²) in [5, 5.41) is 9.33. The maximum atomic E-state index is 9.33. The second kappa shape index (κ2) is 25.5. The van der Waals surface area contributed by atoms with Gasteiger partial charge in [0.15, 0.2) is 57.5 Å². The molecule has 0 amide bonds. The van der Waals surface area contributed by atoms with Gasteiger partial charge >= 0.3 is 0 Å². The normalized spacial score (nSPS) is 14.7. The average Bonchev–Trinajstić information content (AvgIpc) is 3.52. The third-order valence-corrected chi connectivity index (χ3v) is 14.8. The molecule has 2 aliphatic carbocycles. The lowest BCUT2D eigenvalue weighted by atomic mass is 9.94. The van der Waals surface area contributed by atoms with E-state index in [2.05, 4.69) is 72.8 Å². The highest BCUT2D eigenvalue weighted by molar-refractivity contribution is 5.59. The number of unbranched alkanes of at least 4 members (excludes halogenated alkanes) is 2. The second-order valence-corrected chi connectivity index (χ2v) is 19.7. The summed E-state index contributed by atoms with van der Waals surface area (Å²) in [6, 6.07) is 27.9. The van der Waals surface area contributed by atoms with Crippen molar-refractivity contribution in [1.29, 1.82) is 0 Å². The quantitative estimate of drug-likeness (QED) is 0.117. The van der Waals surface area contributed by atoms with Crippen LogP contribution in [0.5, 0.6) is 63.2 Å². The summed E-state index contributed by atoms with van der Waals surface area (Å²) in [4.78, 5) is 0. The van der Waals surface area contributed by atoms with Crippen LogP contribution in [0.4, 0.5) is 0 Å². The third-order valence-electron chi connectivity index (χ3n) is 14.8. The number of ether oxygens (including phenoxy) is 11. The Morgan fingerprint density at radius 1 is 0.333 bits per heavy atom. The van der Waals surface area contributed by atoms with Crippen molar-refractivity contribution >= 4 is 0 Å². The number of fused-ring (bicyclic) bond motifs is 2. The Balaban J connectivity index is 1.03. The Morgan fingerprint density at radius 3 is 1.03 bits per heavy atom. The fraction of sp³-hybridized carbons (Fsp3) is 0.429. The highest BCUT2D eigenvalue weighted by atomic mass is 16.5. The van der Waals surface area contributed by atoms with E-state index in [1.54, 1.807) is 42.7 Å². The number of aliphatic hydroxyl groups excluding tert-OH is 1. The van der Waals surface area contributed by atoms with Gasteiger partial charge in [0.05, 0.1) is 75.7 Å². The van der Waals surface area contributed by atoms with E-state index in [1.165, 1.54) is 33.4 Å². The van der Waals surface area contributed by atoms with E-state index in [-0.39, 0.29) is 6.61 Å². The zero-order valence-corrected chi connectivity index (χ0v) is 44.8. The van der Waals surface area contributed by atoms with E-state index in [0.29, 0.717) is 105 Å². The minimum atomic E-state index is 0.177. The fourth-order valence-corrected chi connectivity index (χ4v) is 10.6. The number of methoxy groups -OCH3 is 6. The molecule has 12 rings (SSSR count). The van der Waals surface area contributed by atoms with Crippen molar-refractivity contribution in [3.8, 4) is 63.2 Å². The second-order valence-electron chi connectivity index (χ2n) is 19.7. The van der Waals surface area contributed by atoms with Crippen molar-refractivity contribution in [2.24, 2.45) is 0 Å². The van der Waals surface area contributed by atoms with E-state index in [4.69, 9.17) is 52.1 Å². The summed E-state index contributed by atoms with van der Waals surface area (Å²) >= 11 is 0. The highest BCUT2D eigenvalue weighted by Crippen LogP contribution is 2.43. The Labute approximate surface area is 443 Å². The van der Waals surface area contributed by atoms with Gasteiger partial charge in [-0.1, -0.05) is 6.07 Å². The molecule has 4 aliphatic heterocycles. The number of benzene rings is 6. The first kappa shape index (κ1) is 52.9. The molecule has 0 atom stereocenters. The number of hydrogen-bond acceptors (Lipinski definition) is 12. The SMILES string of the molecule is COc1ccc2c(c1)Cc1cc3c(OC)cc1Cc1cc(c(OC)cc1C2)OCCCCCOc1cc2c(cc1OC)Cc1cc(c(OC)cc1Cc1cc(OCCCCCO)c(OC)cc1C2)OCCCCCO3. The molecular weight excluding hydrogens is 949 g/mol. The zero-order chi connectivity index (χ0) is 52.1. The summed E-state index contributed by atoms with van der Waals surface area (Å²) in [6.07, 6.45) is 11.7. The van der Waals surface area contributed by atoms with Crippen molar-refractivity contribution in [1.82, 2.24) is 0 Å². The van der Waals surface area contributed by atoms with Crippen molar-refractivity contribution < 1.29 is 57.2 Å². The Kier molecular flexibility index (Phi) is 18.0. The molecule has 0 fully saturated rings. The van der Waals surface area contributed by atoms with E-state index in [9.17, 15) is 5.11 Å². The Hall–Kier alpha value is -6.92. The molecule has 0 aromatic heterocycles. The van der Waals surface area contributed by atoms with Gasteiger partial charge in [0, 0.05) is 6.61 Å². The van der Waals surface area contributed by atoms with E-state index >= 15 is 0 Å². The topological polar surface area (TPSA) is 122 Å². The largest absolute Gasteiger partial charge is 0.497 e. The summed E-state index contributed by atoms with van der Waals surface area (Å²) in [7, 11) is 10.2. The Morgan fingerprint density at radius 2 is 0.667 bits per heavy atom. The van der Waals surface area contributed by atoms with Crippen LogP contribution in [0.15, 0.2) is 78.9 Å². The average molecular weight is 1020 g/mol. The van der Waals surface area contributed by atoms with Crippen LogP contribution in [0, 0.1) is 0 Å². The third kappa shape index (κ3) is 12.8. The molecule has 0 unspecified atom stereocenters. The summed E-state index contributed by atoms with van der Waals surface area (Å²) in [5.41, 5.74) is 14.0. The molecule has 6 aliphatic rings. The molecule has 0 spiro atoms. The molecule has 1 N–H and O–H groups in total. The first-order chi connectivity index (χ1) is 36.8. The van der Waals surface area contributed by atoms with Gasteiger partial charge in [-0.15, -0.1) is 0 Å². The monoisotopic (exact) mass is 1020 g/mol. The van der Waals surface area contributed by atoms with Crippen molar-refractivity contribution in [2.75, 3.05) is 82.3 Å². The predicted octanol–water partition coefficient (Wildman–Crippen LogP) is 12.0. The molecule has 0 radical (unpaired) electrons. The van der Waals surface area contributed by atoms with Crippen LogP contribution in [-0.2, 0) is 38.5 Å². The maximum absolute atomic E-state index is 9.33. The first-order valence-corrected chi connectivity index (χ1v) is 26.7.